The average molecular weight is 419 g/mol. The van der Waals surface area contributed by atoms with E-state index >= 15 is 0 Å². The first-order chi connectivity index (χ1) is 14.0. The van der Waals surface area contributed by atoms with Gasteiger partial charge in [-0.15, -0.1) is 11.8 Å². The number of likely N-dealkylation sites (N-methyl/N-ethyl adjacent to an activating group) is 1. The zero-order valence-electron chi connectivity index (χ0n) is 17.3. The first-order valence-electron chi connectivity index (χ1n) is 10.4. The number of carbonyl (C=O) groups is 3. The van der Waals surface area contributed by atoms with Crippen molar-refractivity contribution in [3.8, 4) is 0 Å². The first kappa shape index (κ1) is 21.7. The molecule has 7 heteroatoms. The van der Waals surface area contributed by atoms with Gasteiger partial charge in [0.2, 0.25) is 11.8 Å². The molecule has 1 fully saturated rings. The monoisotopic (exact) mass is 418 g/mol. The second-order valence-corrected chi connectivity index (χ2v) is 8.80. The third-order valence-electron chi connectivity index (χ3n) is 5.62. The van der Waals surface area contributed by atoms with Crippen LogP contribution in [0.4, 0.5) is 0 Å². The summed E-state index contributed by atoms with van der Waals surface area (Å²) in [5.74, 6) is -0.363. The van der Waals surface area contributed by atoms with Crippen LogP contribution in [0.25, 0.3) is 0 Å². The van der Waals surface area contributed by atoms with Crippen LogP contribution < -0.4 is 0 Å². The number of esters is 1. The van der Waals surface area contributed by atoms with Gasteiger partial charge >= 0.3 is 5.97 Å². The SMILES string of the molecule is CCOC(=O)C1CCCN(C(=O)CN(C)C(=O)CSc2ccc3c(c2)CCC3)C1. The molecule has 1 aromatic carbocycles. The minimum atomic E-state index is -0.260. The summed E-state index contributed by atoms with van der Waals surface area (Å²) in [4.78, 5) is 41.3. The summed E-state index contributed by atoms with van der Waals surface area (Å²) in [6.07, 6.45) is 5.00. The van der Waals surface area contributed by atoms with Crippen molar-refractivity contribution in [1.29, 1.82) is 0 Å². The molecular formula is C22H30N2O4S. The zero-order chi connectivity index (χ0) is 20.8. The number of nitrogens with zero attached hydrogens (tertiary/aromatic N) is 2. The Kier molecular flexibility index (Phi) is 7.58. The van der Waals surface area contributed by atoms with Crippen molar-refractivity contribution in [2.24, 2.45) is 5.92 Å². The van der Waals surface area contributed by atoms with Crippen LogP contribution in [-0.4, -0.2) is 66.6 Å². The van der Waals surface area contributed by atoms with E-state index < -0.39 is 0 Å². The van der Waals surface area contributed by atoms with E-state index in [-0.39, 0.29) is 30.2 Å². The van der Waals surface area contributed by atoms with Crippen molar-refractivity contribution in [1.82, 2.24) is 9.80 Å². The third-order valence-corrected chi connectivity index (χ3v) is 6.60. The van der Waals surface area contributed by atoms with Gasteiger partial charge in [0.05, 0.1) is 24.8 Å². The number of benzene rings is 1. The molecule has 6 nitrogen and oxygen atoms in total. The van der Waals surface area contributed by atoms with E-state index in [0.29, 0.717) is 25.4 Å². The van der Waals surface area contributed by atoms with Gasteiger partial charge in [-0.25, -0.2) is 0 Å². The highest BCUT2D eigenvalue weighted by molar-refractivity contribution is 8.00. The number of amides is 2. The Morgan fingerprint density at radius 3 is 2.79 bits per heavy atom. The lowest BCUT2D eigenvalue weighted by Gasteiger charge is -2.32. The molecule has 3 rings (SSSR count). The molecule has 0 radical (unpaired) electrons. The molecule has 1 aromatic rings. The number of hydrogen-bond acceptors (Lipinski definition) is 5. The largest absolute Gasteiger partial charge is 0.466 e. The smallest absolute Gasteiger partial charge is 0.310 e. The number of carbonyl (C=O) groups excluding carboxylic acids is 3. The maximum absolute atomic E-state index is 12.6. The van der Waals surface area contributed by atoms with E-state index in [1.807, 2.05) is 0 Å². The predicted octanol–water partition coefficient (Wildman–Crippen LogP) is 2.53. The van der Waals surface area contributed by atoms with Crippen LogP contribution in [0.15, 0.2) is 23.1 Å². The highest BCUT2D eigenvalue weighted by Gasteiger charge is 2.30. The Morgan fingerprint density at radius 1 is 1.21 bits per heavy atom. The van der Waals surface area contributed by atoms with Crippen LogP contribution in [0.1, 0.15) is 37.3 Å². The molecule has 1 aliphatic heterocycles. The summed E-state index contributed by atoms with van der Waals surface area (Å²) in [6.45, 7) is 3.18. The number of piperidine rings is 1. The molecule has 0 spiro atoms. The highest BCUT2D eigenvalue weighted by atomic mass is 32.2. The average Bonchev–Trinajstić information content (AvgIpc) is 3.20. The summed E-state index contributed by atoms with van der Waals surface area (Å²) in [5.41, 5.74) is 2.82. The minimum absolute atomic E-state index is 0.0408. The first-order valence-corrected chi connectivity index (χ1v) is 11.4. The van der Waals surface area contributed by atoms with Gasteiger partial charge in [0.15, 0.2) is 0 Å². The van der Waals surface area contributed by atoms with Gasteiger partial charge in [0, 0.05) is 25.0 Å². The number of hydrogen-bond donors (Lipinski definition) is 0. The van der Waals surface area contributed by atoms with Gasteiger partial charge in [-0.2, -0.15) is 0 Å². The van der Waals surface area contributed by atoms with Gasteiger partial charge in [-0.1, -0.05) is 6.07 Å². The Balaban J connectivity index is 1.46. The lowest BCUT2D eigenvalue weighted by molar-refractivity contribution is -0.152. The molecule has 0 aromatic heterocycles. The van der Waals surface area contributed by atoms with Crippen LogP contribution in [0.3, 0.4) is 0 Å². The Morgan fingerprint density at radius 2 is 2.00 bits per heavy atom. The molecule has 1 aliphatic carbocycles. The molecule has 1 atom stereocenters. The summed E-state index contributed by atoms with van der Waals surface area (Å²) in [5, 5.41) is 0. The predicted molar refractivity (Wildman–Crippen MR) is 113 cm³/mol. The lowest BCUT2D eigenvalue weighted by atomic mass is 9.98. The standard InChI is InChI=1S/C22H30N2O4S/c1-3-28-22(27)18-8-5-11-24(13-18)20(25)14-23(2)21(26)15-29-19-10-9-16-6-4-7-17(16)12-19/h9-10,12,18H,3-8,11,13-15H2,1-2H3. The number of likely N-dealkylation sites (tertiary alicyclic amines) is 1. The van der Waals surface area contributed by atoms with E-state index in [0.717, 1.165) is 30.6 Å². The number of fused-ring (bicyclic) bond motifs is 1. The molecule has 1 unspecified atom stereocenters. The Hall–Kier alpha value is -2.02. The van der Waals surface area contributed by atoms with Gasteiger partial charge in [0.25, 0.3) is 0 Å². The van der Waals surface area contributed by atoms with Crippen molar-refractivity contribution >= 4 is 29.5 Å². The molecule has 0 N–H and O–H groups in total. The van der Waals surface area contributed by atoms with Crippen LogP contribution in [0, 0.1) is 5.92 Å². The van der Waals surface area contributed by atoms with Crippen molar-refractivity contribution in [3.63, 3.8) is 0 Å². The molecule has 1 saturated heterocycles. The quantitative estimate of drug-likeness (QED) is 0.503. The number of thioether (sulfide) groups is 1. The number of aryl methyl sites for hydroxylation is 2. The molecule has 29 heavy (non-hydrogen) atoms. The molecule has 158 valence electrons. The third kappa shape index (κ3) is 5.75. The van der Waals surface area contributed by atoms with Crippen molar-refractivity contribution in [2.45, 2.75) is 43.9 Å². The number of rotatable bonds is 7. The maximum Gasteiger partial charge on any atom is 0.310 e. The molecule has 2 aliphatic rings. The fraction of sp³-hybridized carbons (Fsp3) is 0.591. The van der Waals surface area contributed by atoms with Gasteiger partial charge in [0.1, 0.15) is 0 Å². The van der Waals surface area contributed by atoms with E-state index in [1.165, 1.54) is 34.2 Å². The van der Waals surface area contributed by atoms with Crippen LogP contribution >= 0.6 is 11.8 Å². The molecular weight excluding hydrogens is 388 g/mol. The second-order valence-electron chi connectivity index (χ2n) is 7.75. The van der Waals surface area contributed by atoms with Gasteiger partial charge in [-0.3, -0.25) is 14.4 Å². The molecule has 0 bridgehead atoms. The normalized spacial score (nSPS) is 18.3. The Labute approximate surface area is 176 Å². The molecule has 2 amide bonds. The summed E-state index contributed by atoms with van der Waals surface area (Å²) < 4.78 is 5.09. The van der Waals surface area contributed by atoms with Crippen LogP contribution in [-0.2, 0) is 32.0 Å². The topological polar surface area (TPSA) is 66.9 Å². The van der Waals surface area contributed by atoms with E-state index in [1.54, 1.807) is 18.9 Å². The lowest BCUT2D eigenvalue weighted by Crippen LogP contribution is -2.47. The van der Waals surface area contributed by atoms with Crippen LogP contribution in [0.5, 0.6) is 0 Å². The highest BCUT2D eigenvalue weighted by Crippen LogP contribution is 2.27. The molecule has 1 heterocycles. The Bertz CT molecular complexity index is 767. The van der Waals surface area contributed by atoms with E-state index in [9.17, 15) is 14.4 Å². The summed E-state index contributed by atoms with van der Waals surface area (Å²) >= 11 is 1.52. The van der Waals surface area contributed by atoms with Gasteiger partial charge < -0.3 is 14.5 Å². The number of ether oxygens (including phenoxy) is 1. The fourth-order valence-corrected chi connectivity index (χ4v) is 4.84. The fourth-order valence-electron chi connectivity index (χ4n) is 3.94. The second kappa shape index (κ2) is 10.1. The molecule has 0 saturated carbocycles. The summed E-state index contributed by atoms with van der Waals surface area (Å²) in [6, 6.07) is 6.43. The van der Waals surface area contributed by atoms with Gasteiger partial charge in [-0.05, 0) is 62.3 Å². The van der Waals surface area contributed by atoms with Crippen molar-refractivity contribution in [3.05, 3.63) is 29.3 Å². The van der Waals surface area contributed by atoms with E-state index in [2.05, 4.69) is 18.2 Å². The van der Waals surface area contributed by atoms with Crippen LogP contribution in [0.2, 0.25) is 0 Å². The zero-order valence-corrected chi connectivity index (χ0v) is 18.1. The van der Waals surface area contributed by atoms with Crippen molar-refractivity contribution in [2.75, 3.05) is 39.0 Å². The minimum Gasteiger partial charge on any atom is -0.466 e. The maximum atomic E-state index is 12.6. The summed E-state index contributed by atoms with van der Waals surface area (Å²) in [7, 11) is 1.66. The van der Waals surface area contributed by atoms with Crippen molar-refractivity contribution < 1.29 is 19.1 Å². The van der Waals surface area contributed by atoms with E-state index in [4.69, 9.17) is 4.74 Å².